The molecule has 3 nitrogen and oxygen atoms in total. The molecule has 1 amide bonds. The van der Waals surface area contributed by atoms with E-state index in [0.29, 0.717) is 17.9 Å². The van der Waals surface area contributed by atoms with E-state index in [0.717, 1.165) is 19.6 Å². The normalized spacial score (nSPS) is 23.9. The summed E-state index contributed by atoms with van der Waals surface area (Å²) in [6, 6.07) is 0. The summed E-state index contributed by atoms with van der Waals surface area (Å²) in [5.41, 5.74) is 0.447. The fourth-order valence-corrected chi connectivity index (χ4v) is 3.13. The predicted octanol–water partition coefficient (Wildman–Crippen LogP) is 2.17. The molecule has 1 saturated carbocycles. The van der Waals surface area contributed by atoms with Gasteiger partial charge in [-0.1, -0.05) is 19.8 Å². The van der Waals surface area contributed by atoms with Crippen molar-refractivity contribution in [1.82, 2.24) is 10.2 Å². The molecule has 0 atom stereocenters. The molecule has 0 bridgehead atoms. The highest BCUT2D eigenvalue weighted by Gasteiger charge is 2.28. The van der Waals surface area contributed by atoms with E-state index in [1.807, 2.05) is 4.90 Å². The molecule has 0 unspecified atom stereocenters. The first kappa shape index (κ1) is 12.9. The SMILES string of the molecule is CC1(CNCC(=O)N2CCCCC2)CCCC1. The minimum absolute atomic E-state index is 0.297. The van der Waals surface area contributed by atoms with Crippen LogP contribution in [0.2, 0.25) is 0 Å². The van der Waals surface area contributed by atoms with E-state index >= 15 is 0 Å². The number of nitrogens with one attached hydrogen (secondary N) is 1. The highest BCUT2D eigenvalue weighted by Crippen LogP contribution is 2.36. The number of hydrogen-bond acceptors (Lipinski definition) is 2. The van der Waals surface area contributed by atoms with E-state index in [4.69, 9.17) is 0 Å². The van der Waals surface area contributed by atoms with E-state index in [9.17, 15) is 4.79 Å². The van der Waals surface area contributed by atoms with Gasteiger partial charge in [0.05, 0.1) is 6.54 Å². The van der Waals surface area contributed by atoms with Gasteiger partial charge in [0.1, 0.15) is 0 Å². The summed E-state index contributed by atoms with van der Waals surface area (Å²) >= 11 is 0. The Hall–Kier alpha value is -0.570. The summed E-state index contributed by atoms with van der Waals surface area (Å²) in [6.45, 7) is 5.83. The summed E-state index contributed by atoms with van der Waals surface area (Å²) in [4.78, 5) is 14.0. The van der Waals surface area contributed by atoms with E-state index in [1.54, 1.807) is 0 Å². The first-order valence-electron chi connectivity index (χ1n) is 7.18. The van der Waals surface area contributed by atoms with Gasteiger partial charge in [0.2, 0.25) is 5.91 Å². The van der Waals surface area contributed by atoms with Crippen molar-refractivity contribution in [2.75, 3.05) is 26.2 Å². The molecule has 3 heteroatoms. The van der Waals surface area contributed by atoms with Crippen molar-refractivity contribution < 1.29 is 4.79 Å². The molecule has 1 aliphatic carbocycles. The Morgan fingerprint density at radius 1 is 1.12 bits per heavy atom. The summed E-state index contributed by atoms with van der Waals surface area (Å²) < 4.78 is 0. The van der Waals surface area contributed by atoms with Crippen LogP contribution in [-0.2, 0) is 4.79 Å². The molecule has 1 N–H and O–H groups in total. The highest BCUT2D eigenvalue weighted by molar-refractivity contribution is 5.78. The van der Waals surface area contributed by atoms with Gasteiger partial charge < -0.3 is 10.2 Å². The summed E-state index contributed by atoms with van der Waals surface area (Å²) in [5.74, 6) is 0.297. The Labute approximate surface area is 105 Å². The first-order valence-corrected chi connectivity index (χ1v) is 7.18. The molecular weight excluding hydrogens is 212 g/mol. The minimum atomic E-state index is 0.297. The molecule has 17 heavy (non-hydrogen) atoms. The number of carbonyl (C=O) groups excluding carboxylic acids is 1. The van der Waals surface area contributed by atoms with Crippen molar-refractivity contribution in [2.45, 2.75) is 51.9 Å². The molecule has 0 spiro atoms. The van der Waals surface area contributed by atoms with Crippen molar-refractivity contribution >= 4 is 5.91 Å². The fraction of sp³-hybridized carbons (Fsp3) is 0.929. The van der Waals surface area contributed by atoms with Crippen LogP contribution in [0.25, 0.3) is 0 Å². The Kier molecular flexibility index (Phi) is 4.43. The average Bonchev–Trinajstić information content (AvgIpc) is 2.77. The molecule has 0 aromatic rings. The predicted molar refractivity (Wildman–Crippen MR) is 69.9 cm³/mol. The quantitative estimate of drug-likeness (QED) is 0.814. The zero-order valence-electron chi connectivity index (χ0n) is 11.1. The smallest absolute Gasteiger partial charge is 0.236 e. The van der Waals surface area contributed by atoms with Crippen LogP contribution in [0.5, 0.6) is 0 Å². The number of piperidine rings is 1. The largest absolute Gasteiger partial charge is 0.342 e. The molecule has 98 valence electrons. The lowest BCUT2D eigenvalue weighted by atomic mass is 9.89. The molecule has 0 aromatic heterocycles. The number of nitrogens with zero attached hydrogens (tertiary/aromatic N) is 1. The second kappa shape index (κ2) is 5.85. The molecule has 1 heterocycles. The van der Waals surface area contributed by atoms with Crippen molar-refractivity contribution in [3.63, 3.8) is 0 Å². The van der Waals surface area contributed by atoms with Crippen molar-refractivity contribution in [1.29, 1.82) is 0 Å². The van der Waals surface area contributed by atoms with E-state index in [2.05, 4.69) is 12.2 Å². The van der Waals surface area contributed by atoms with Gasteiger partial charge in [-0.2, -0.15) is 0 Å². The number of rotatable bonds is 4. The number of amides is 1. The molecule has 1 saturated heterocycles. The third-order valence-corrected chi connectivity index (χ3v) is 4.35. The minimum Gasteiger partial charge on any atom is -0.342 e. The summed E-state index contributed by atoms with van der Waals surface area (Å²) in [7, 11) is 0. The van der Waals surface area contributed by atoms with Gasteiger partial charge in [-0.25, -0.2) is 0 Å². The Balaban J connectivity index is 1.65. The third-order valence-electron chi connectivity index (χ3n) is 4.35. The average molecular weight is 238 g/mol. The molecular formula is C14H26N2O. The van der Waals surface area contributed by atoms with E-state index < -0.39 is 0 Å². The standard InChI is InChI=1S/C14H26N2O/c1-14(7-3-4-8-14)12-15-11-13(17)16-9-5-2-6-10-16/h15H,2-12H2,1H3. The number of carbonyl (C=O) groups is 1. The Morgan fingerprint density at radius 3 is 2.41 bits per heavy atom. The maximum Gasteiger partial charge on any atom is 0.236 e. The van der Waals surface area contributed by atoms with Crippen molar-refractivity contribution in [2.24, 2.45) is 5.41 Å². The van der Waals surface area contributed by atoms with Crippen LogP contribution in [0.4, 0.5) is 0 Å². The van der Waals surface area contributed by atoms with Gasteiger partial charge in [0.15, 0.2) is 0 Å². The summed E-state index contributed by atoms with van der Waals surface area (Å²) in [6.07, 6.45) is 9.01. The van der Waals surface area contributed by atoms with Gasteiger partial charge in [0.25, 0.3) is 0 Å². The topological polar surface area (TPSA) is 32.3 Å². The van der Waals surface area contributed by atoms with E-state index in [-0.39, 0.29) is 0 Å². The molecule has 2 fully saturated rings. The lowest BCUT2D eigenvalue weighted by Gasteiger charge is -2.28. The molecule has 0 radical (unpaired) electrons. The highest BCUT2D eigenvalue weighted by atomic mass is 16.2. The lowest BCUT2D eigenvalue weighted by Crippen LogP contribution is -2.43. The second-order valence-electron chi connectivity index (χ2n) is 6.06. The molecule has 2 aliphatic rings. The van der Waals surface area contributed by atoms with Crippen LogP contribution in [-0.4, -0.2) is 37.0 Å². The van der Waals surface area contributed by atoms with Gasteiger partial charge >= 0.3 is 0 Å². The van der Waals surface area contributed by atoms with Crippen molar-refractivity contribution in [3.8, 4) is 0 Å². The first-order chi connectivity index (χ1) is 8.20. The lowest BCUT2D eigenvalue weighted by molar-refractivity contribution is -0.131. The Morgan fingerprint density at radius 2 is 1.76 bits per heavy atom. The van der Waals surface area contributed by atoms with Crippen LogP contribution < -0.4 is 5.32 Å². The maximum absolute atomic E-state index is 11.9. The third kappa shape index (κ3) is 3.70. The fourth-order valence-electron chi connectivity index (χ4n) is 3.13. The Bertz CT molecular complexity index is 253. The summed E-state index contributed by atoms with van der Waals surface area (Å²) in [5, 5.41) is 3.37. The maximum atomic E-state index is 11.9. The van der Waals surface area contributed by atoms with Crippen LogP contribution in [0.1, 0.15) is 51.9 Å². The second-order valence-corrected chi connectivity index (χ2v) is 6.06. The van der Waals surface area contributed by atoms with Gasteiger partial charge in [-0.15, -0.1) is 0 Å². The van der Waals surface area contributed by atoms with E-state index in [1.165, 1.54) is 44.9 Å². The van der Waals surface area contributed by atoms with Crippen LogP contribution >= 0.6 is 0 Å². The van der Waals surface area contributed by atoms with Crippen LogP contribution in [0.15, 0.2) is 0 Å². The monoisotopic (exact) mass is 238 g/mol. The molecule has 0 aromatic carbocycles. The number of likely N-dealkylation sites (tertiary alicyclic amines) is 1. The zero-order valence-corrected chi connectivity index (χ0v) is 11.1. The van der Waals surface area contributed by atoms with Gasteiger partial charge in [-0.05, 0) is 37.5 Å². The zero-order chi connectivity index (χ0) is 12.1. The van der Waals surface area contributed by atoms with Crippen LogP contribution in [0, 0.1) is 5.41 Å². The van der Waals surface area contributed by atoms with Gasteiger partial charge in [-0.3, -0.25) is 4.79 Å². The number of hydrogen-bond donors (Lipinski definition) is 1. The van der Waals surface area contributed by atoms with Crippen molar-refractivity contribution in [3.05, 3.63) is 0 Å². The van der Waals surface area contributed by atoms with Gasteiger partial charge in [0, 0.05) is 19.6 Å². The van der Waals surface area contributed by atoms with Crippen LogP contribution in [0.3, 0.4) is 0 Å². The molecule has 2 rings (SSSR count). The molecule has 1 aliphatic heterocycles.